The summed E-state index contributed by atoms with van der Waals surface area (Å²) in [6.45, 7) is 3.25. The van der Waals surface area contributed by atoms with Crippen molar-refractivity contribution < 1.29 is 18.6 Å². The maximum Gasteiger partial charge on any atom is 0.263 e. The number of fused-ring (bicyclic) bond motifs is 4. The molecule has 1 saturated heterocycles. The Kier molecular flexibility index (Phi) is 10.2. The third-order valence-electron chi connectivity index (χ3n) is 12.6. The fourth-order valence-corrected chi connectivity index (χ4v) is 11.5. The van der Waals surface area contributed by atoms with Crippen molar-refractivity contribution in [3.63, 3.8) is 0 Å². The second-order valence-corrected chi connectivity index (χ2v) is 18.3. The summed E-state index contributed by atoms with van der Waals surface area (Å²) in [6, 6.07) is 51.7. The zero-order valence-corrected chi connectivity index (χ0v) is 37.9. The highest BCUT2D eigenvalue weighted by molar-refractivity contribution is 7.19. The molecule has 11 rings (SSSR count). The summed E-state index contributed by atoms with van der Waals surface area (Å²) in [4.78, 5) is 9.96. The van der Waals surface area contributed by atoms with Gasteiger partial charge in [0, 0.05) is 85.1 Å². The van der Waals surface area contributed by atoms with E-state index in [1.807, 2.05) is 22.7 Å². The average molecular weight is 877 g/mol. The number of hydrogen-bond donors (Lipinski definition) is 0. The number of allylic oxidation sites excluding steroid dienone is 4. The molecule has 0 spiro atoms. The zero-order chi connectivity index (χ0) is 43.3. The van der Waals surface area contributed by atoms with E-state index >= 15 is 0 Å². The number of ether oxygens (including phenoxy) is 2. The Morgan fingerprint density at radius 1 is 0.484 bits per heavy atom. The summed E-state index contributed by atoms with van der Waals surface area (Å²) in [5.74, 6) is 3.94. The lowest BCUT2D eigenvalue weighted by Crippen LogP contribution is -2.50. The zero-order valence-electron chi connectivity index (χ0n) is 36.3. The number of piperazine rings is 1. The molecule has 1 fully saturated rings. The Labute approximate surface area is 382 Å². The minimum absolute atomic E-state index is 0.813. The molecule has 5 heterocycles. The Morgan fingerprint density at radius 2 is 0.875 bits per heavy atom. The molecule has 316 valence electrons. The second-order valence-electron chi connectivity index (χ2n) is 16.2. The van der Waals surface area contributed by atoms with Crippen LogP contribution in [-0.4, -0.2) is 50.2 Å². The van der Waals surface area contributed by atoms with Crippen LogP contribution in [0.1, 0.15) is 21.1 Å². The van der Waals surface area contributed by atoms with Gasteiger partial charge in [0.1, 0.15) is 46.6 Å². The SMILES string of the molecule is COc1ccc2c(c1)N(c1ccccc1)C(N1CCN(C3=C/C(=C\c4sc5ccccc5[n+]4C)c4ccc(OC)cc4N3c3ccccc3)CC1)=C/C2=C\c1sc2ccccc2[n+]1C. The third kappa shape index (κ3) is 6.99. The van der Waals surface area contributed by atoms with Gasteiger partial charge < -0.3 is 19.3 Å². The van der Waals surface area contributed by atoms with E-state index in [2.05, 4.69) is 213 Å². The summed E-state index contributed by atoms with van der Waals surface area (Å²) >= 11 is 3.65. The quantitative estimate of drug-likeness (QED) is 0.142. The predicted molar refractivity (Wildman–Crippen MR) is 264 cm³/mol. The highest BCUT2D eigenvalue weighted by Crippen LogP contribution is 2.47. The van der Waals surface area contributed by atoms with Gasteiger partial charge >= 0.3 is 0 Å². The number of rotatable bonds is 8. The van der Waals surface area contributed by atoms with Crippen LogP contribution in [0.2, 0.25) is 0 Å². The minimum atomic E-state index is 0.813. The first-order valence-electron chi connectivity index (χ1n) is 21.6. The first-order chi connectivity index (χ1) is 31.4. The second kappa shape index (κ2) is 16.5. The Hall–Kier alpha value is -7.14. The molecule has 0 aliphatic carbocycles. The summed E-state index contributed by atoms with van der Waals surface area (Å²) in [6.07, 6.45) is 9.50. The molecule has 0 radical (unpaired) electrons. The Balaban J connectivity index is 1.01. The van der Waals surface area contributed by atoms with Crippen molar-refractivity contribution >= 4 is 89.2 Å². The molecule has 2 aromatic heterocycles. The van der Waals surface area contributed by atoms with Crippen molar-refractivity contribution in [2.24, 2.45) is 14.1 Å². The van der Waals surface area contributed by atoms with Crippen molar-refractivity contribution in [3.05, 3.63) is 191 Å². The van der Waals surface area contributed by atoms with Crippen molar-refractivity contribution in [3.8, 4) is 11.5 Å². The van der Waals surface area contributed by atoms with Gasteiger partial charge in [-0.05, 0) is 84.0 Å². The molecule has 64 heavy (non-hydrogen) atoms. The van der Waals surface area contributed by atoms with E-state index in [4.69, 9.17) is 9.47 Å². The van der Waals surface area contributed by atoms with Crippen LogP contribution >= 0.6 is 22.7 Å². The molecule has 0 N–H and O–H groups in total. The molecule has 0 bridgehead atoms. The van der Waals surface area contributed by atoms with Gasteiger partial charge in [0.2, 0.25) is 11.0 Å². The number of aryl methyl sites for hydroxylation is 2. The summed E-state index contributed by atoms with van der Waals surface area (Å²) < 4.78 is 18.9. The van der Waals surface area contributed by atoms with Gasteiger partial charge in [-0.1, -0.05) is 83.3 Å². The summed E-state index contributed by atoms with van der Waals surface area (Å²) in [7, 11) is 7.83. The van der Waals surface area contributed by atoms with E-state index in [9.17, 15) is 0 Å². The maximum atomic E-state index is 5.88. The Morgan fingerprint density at radius 3 is 1.27 bits per heavy atom. The fourth-order valence-electron chi connectivity index (χ4n) is 9.27. The van der Waals surface area contributed by atoms with Gasteiger partial charge in [0.05, 0.1) is 25.6 Å². The topological polar surface area (TPSA) is 39.2 Å². The molecule has 3 aliphatic heterocycles. The smallest absolute Gasteiger partial charge is 0.263 e. The lowest BCUT2D eigenvalue weighted by atomic mass is 9.96. The monoisotopic (exact) mass is 876 g/mol. The van der Waals surface area contributed by atoms with Crippen molar-refractivity contribution in [1.29, 1.82) is 0 Å². The molecule has 8 nitrogen and oxygen atoms in total. The number of nitrogens with zero attached hydrogens (tertiary/aromatic N) is 6. The molecular formula is C54H48N6O2S2+2. The van der Waals surface area contributed by atoms with Crippen LogP contribution in [0.3, 0.4) is 0 Å². The molecule has 6 aromatic carbocycles. The van der Waals surface area contributed by atoms with Gasteiger partial charge in [-0.25, -0.2) is 0 Å². The number of anilines is 4. The minimum Gasteiger partial charge on any atom is -0.497 e. The molecule has 8 aromatic rings. The Bertz CT molecular complexity index is 2980. The summed E-state index contributed by atoms with van der Waals surface area (Å²) in [5, 5.41) is 2.39. The van der Waals surface area contributed by atoms with Gasteiger partial charge in [-0.3, -0.25) is 9.80 Å². The van der Waals surface area contributed by atoms with Crippen molar-refractivity contribution in [1.82, 2.24) is 9.80 Å². The number of hydrogen-bond acceptors (Lipinski definition) is 8. The molecule has 10 heteroatoms. The fraction of sp³-hybridized carbons (Fsp3) is 0.148. The van der Waals surface area contributed by atoms with Crippen LogP contribution < -0.4 is 28.4 Å². The van der Waals surface area contributed by atoms with E-state index in [0.29, 0.717) is 0 Å². The van der Waals surface area contributed by atoms with Crippen LogP contribution in [0.4, 0.5) is 22.7 Å². The van der Waals surface area contributed by atoms with Gasteiger partial charge in [-0.2, -0.15) is 9.13 Å². The molecule has 0 saturated carbocycles. The molecule has 0 unspecified atom stereocenters. The molecule has 0 atom stereocenters. The normalized spacial score (nSPS) is 16.3. The van der Waals surface area contributed by atoms with Crippen molar-refractivity contribution in [2.75, 3.05) is 50.2 Å². The lowest BCUT2D eigenvalue weighted by Gasteiger charge is -2.46. The van der Waals surface area contributed by atoms with E-state index in [0.717, 1.165) is 83.2 Å². The van der Waals surface area contributed by atoms with E-state index in [-0.39, 0.29) is 0 Å². The number of para-hydroxylation sites is 4. The van der Waals surface area contributed by atoms with E-state index < -0.39 is 0 Å². The standard InChI is InChI=1S/C54H48N6O2S2/c1-55-45-19-11-13-21-49(45)63-53(55)33-37-31-51(59(39-15-7-5-8-16-39)47-35-41(61-3)23-25-43(37)47)57-27-29-58(30-28-57)52-32-38(34-54-56(2)46-20-12-14-22-50(46)64-54)44-26-24-42(62-4)36-48(44)60(52)40-17-9-6-10-18-40/h5-26,31-36H,27-30H2,1-4H3/q+2. The number of aromatic nitrogens is 2. The largest absolute Gasteiger partial charge is 0.497 e. The highest BCUT2D eigenvalue weighted by Gasteiger charge is 2.35. The van der Waals surface area contributed by atoms with Crippen molar-refractivity contribution in [2.45, 2.75) is 0 Å². The van der Waals surface area contributed by atoms with E-state index in [1.54, 1.807) is 14.2 Å². The van der Waals surface area contributed by atoms with Gasteiger partial charge in [-0.15, -0.1) is 0 Å². The lowest BCUT2D eigenvalue weighted by molar-refractivity contribution is -0.642. The van der Waals surface area contributed by atoms with Crippen LogP contribution in [0.5, 0.6) is 11.5 Å². The third-order valence-corrected chi connectivity index (χ3v) is 14.9. The van der Waals surface area contributed by atoms with Gasteiger partial charge in [0.25, 0.3) is 10.0 Å². The van der Waals surface area contributed by atoms with Crippen LogP contribution in [0.15, 0.2) is 169 Å². The predicted octanol–water partition coefficient (Wildman–Crippen LogP) is 11.2. The first-order valence-corrected chi connectivity index (χ1v) is 23.3. The molecule has 0 amide bonds. The maximum absolute atomic E-state index is 5.88. The van der Waals surface area contributed by atoms with Crippen LogP contribution in [0, 0.1) is 0 Å². The number of benzene rings is 6. The first kappa shape index (κ1) is 39.7. The van der Waals surface area contributed by atoms with E-state index in [1.165, 1.54) is 41.6 Å². The van der Waals surface area contributed by atoms with Crippen LogP contribution in [-0.2, 0) is 14.1 Å². The molecular weight excluding hydrogens is 829 g/mol. The average Bonchev–Trinajstić information content (AvgIpc) is 3.84. The molecule has 3 aliphatic rings. The van der Waals surface area contributed by atoms with Gasteiger partial charge in [0.15, 0.2) is 0 Å². The number of methoxy groups -OCH3 is 2. The highest BCUT2D eigenvalue weighted by atomic mass is 32.1. The van der Waals surface area contributed by atoms with Crippen LogP contribution in [0.25, 0.3) is 43.7 Å². The number of thiazole rings is 2. The summed E-state index contributed by atoms with van der Waals surface area (Å²) in [5.41, 5.74) is 11.5.